The summed E-state index contributed by atoms with van der Waals surface area (Å²) in [6.45, 7) is 2.72. The normalized spacial score (nSPS) is 19.6. The lowest BCUT2D eigenvalue weighted by molar-refractivity contribution is 0.293. The number of nitriles is 1. The van der Waals surface area contributed by atoms with Crippen LogP contribution in [0, 0.1) is 18.3 Å². The summed E-state index contributed by atoms with van der Waals surface area (Å²) in [5, 5.41) is 12.3. The number of likely N-dealkylation sites (N-methyl/N-ethyl adjacent to an activating group) is 1. The van der Waals surface area contributed by atoms with E-state index in [1.807, 2.05) is 13.1 Å². The van der Waals surface area contributed by atoms with Gasteiger partial charge in [-0.3, -0.25) is 0 Å². The Morgan fingerprint density at radius 2 is 2.14 bits per heavy atom. The van der Waals surface area contributed by atoms with E-state index < -0.39 is 10.0 Å². The first-order valence-electron chi connectivity index (χ1n) is 6.68. The monoisotopic (exact) mass is 329 g/mol. The molecular weight excluding hydrogens is 310 g/mol. The lowest BCUT2D eigenvalue weighted by atomic mass is 10.1. The summed E-state index contributed by atoms with van der Waals surface area (Å²) in [4.78, 5) is 0.122. The molecule has 1 atom stereocenters. The Kier molecular flexibility index (Phi) is 6.17. The third kappa shape index (κ3) is 3.55. The van der Waals surface area contributed by atoms with Crippen LogP contribution in [-0.4, -0.2) is 38.9 Å². The largest absolute Gasteiger partial charge is 0.316 e. The number of piperidine rings is 1. The molecule has 0 amide bonds. The molecule has 116 valence electrons. The smallest absolute Gasteiger partial charge is 0.244 e. The lowest BCUT2D eigenvalue weighted by Gasteiger charge is -2.32. The topological polar surface area (TPSA) is 73.2 Å². The molecule has 0 aromatic heterocycles. The molecule has 1 unspecified atom stereocenters. The van der Waals surface area contributed by atoms with Crippen LogP contribution >= 0.6 is 12.4 Å². The van der Waals surface area contributed by atoms with Crippen molar-refractivity contribution in [1.82, 2.24) is 9.62 Å². The van der Waals surface area contributed by atoms with Gasteiger partial charge in [-0.05, 0) is 38.4 Å². The Balaban J connectivity index is 0.00000220. The molecule has 5 nitrogen and oxygen atoms in total. The summed E-state index contributed by atoms with van der Waals surface area (Å²) in [6, 6.07) is 7.14. The zero-order valence-corrected chi connectivity index (χ0v) is 13.8. The highest BCUT2D eigenvalue weighted by atomic mass is 35.5. The Bertz CT molecular complexity index is 640. The van der Waals surface area contributed by atoms with Crippen LogP contribution in [0.25, 0.3) is 0 Å². The predicted molar refractivity (Wildman–Crippen MR) is 84.0 cm³/mol. The van der Waals surface area contributed by atoms with Gasteiger partial charge < -0.3 is 5.32 Å². The van der Waals surface area contributed by atoms with Crippen molar-refractivity contribution in [2.24, 2.45) is 0 Å². The van der Waals surface area contributed by atoms with E-state index in [0.29, 0.717) is 18.7 Å². The second kappa shape index (κ2) is 7.23. The first-order valence-corrected chi connectivity index (χ1v) is 8.12. The van der Waals surface area contributed by atoms with Gasteiger partial charge in [-0.2, -0.15) is 9.57 Å². The Morgan fingerprint density at radius 1 is 1.43 bits per heavy atom. The van der Waals surface area contributed by atoms with Gasteiger partial charge in [-0.25, -0.2) is 8.42 Å². The Labute approximate surface area is 132 Å². The van der Waals surface area contributed by atoms with Gasteiger partial charge in [-0.1, -0.05) is 12.1 Å². The summed E-state index contributed by atoms with van der Waals surface area (Å²) in [6.07, 6.45) is 1.81. The molecule has 0 radical (unpaired) electrons. The SMILES string of the molecule is CNC1CCCN(S(=O)(=O)c2cccc(C)c2C#N)C1.Cl. The van der Waals surface area contributed by atoms with Crippen molar-refractivity contribution < 1.29 is 8.42 Å². The van der Waals surface area contributed by atoms with Crippen LogP contribution in [0.15, 0.2) is 23.1 Å². The van der Waals surface area contributed by atoms with Gasteiger partial charge in [0.25, 0.3) is 0 Å². The molecule has 1 fully saturated rings. The third-order valence-corrected chi connectivity index (χ3v) is 5.66. The van der Waals surface area contributed by atoms with Crippen molar-refractivity contribution in [2.75, 3.05) is 20.1 Å². The summed E-state index contributed by atoms with van der Waals surface area (Å²) in [7, 11) is -1.76. The van der Waals surface area contributed by atoms with Gasteiger partial charge in [0.2, 0.25) is 10.0 Å². The number of halogens is 1. The van der Waals surface area contributed by atoms with E-state index in [0.717, 1.165) is 12.8 Å². The molecule has 1 N–H and O–H groups in total. The lowest BCUT2D eigenvalue weighted by Crippen LogP contribution is -2.47. The minimum atomic E-state index is -3.60. The molecule has 1 aromatic carbocycles. The second-order valence-electron chi connectivity index (χ2n) is 5.05. The zero-order valence-electron chi connectivity index (χ0n) is 12.2. The molecule has 0 spiro atoms. The number of benzene rings is 1. The molecule has 1 heterocycles. The summed E-state index contributed by atoms with van der Waals surface area (Å²) >= 11 is 0. The highest BCUT2D eigenvalue weighted by molar-refractivity contribution is 7.89. The van der Waals surface area contributed by atoms with Crippen molar-refractivity contribution in [1.29, 1.82) is 5.26 Å². The van der Waals surface area contributed by atoms with Crippen molar-refractivity contribution in [3.8, 4) is 6.07 Å². The van der Waals surface area contributed by atoms with Crippen LogP contribution in [0.3, 0.4) is 0 Å². The van der Waals surface area contributed by atoms with Gasteiger partial charge in [0.15, 0.2) is 0 Å². The average molecular weight is 330 g/mol. The second-order valence-corrected chi connectivity index (χ2v) is 6.96. The molecule has 1 aromatic rings. The van der Waals surface area contributed by atoms with Gasteiger partial charge in [-0.15, -0.1) is 12.4 Å². The maximum atomic E-state index is 12.7. The Morgan fingerprint density at radius 3 is 2.76 bits per heavy atom. The Hall–Kier alpha value is -1.13. The van der Waals surface area contributed by atoms with Crippen LogP contribution in [-0.2, 0) is 10.0 Å². The van der Waals surface area contributed by atoms with E-state index in [9.17, 15) is 13.7 Å². The highest BCUT2D eigenvalue weighted by Crippen LogP contribution is 2.25. The molecule has 2 rings (SSSR count). The fourth-order valence-electron chi connectivity index (χ4n) is 2.53. The number of hydrogen-bond donors (Lipinski definition) is 1. The maximum Gasteiger partial charge on any atom is 0.244 e. The first-order chi connectivity index (χ1) is 9.50. The minimum Gasteiger partial charge on any atom is -0.316 e. The average Bonchev–Trinajstić information content (AvgIpc) is 2.47. The number of nitrogens with one attached hydrogen (secondary N) is 1. The van der Waals surface area contributed by atoms with E-state index in [2.05, 4.69) is 5.32 Å². The summed E-state index contributed by atoms with van der Waals surface area (Å²) in [5.41, 5.74) is 0.940. The number of nitrogens with zero attached hydrogens (tertiary/aromatic N) is 2. The molecular formula is C14H20ClN3O2S. The molecule has 1 aliphatic rings. The molecule has 0 aliphatic carbocycles. The van der Waals surface area contributed by atoms with Crippen LogP contribution in [0.2, 0.25) is 0 Å². The zero-order chi connectivity index (χ0) is 14.8. The molecule has 1 aliphatic heterocycles. The standard InChI is InChI=1S/C14H19N3O2S.ClH/c1-11-5-3-7-14(13(11)9-15)20(18,19)17-8-4-6-12(10-17)16-2;/h3,5,7,12,16H,4,6,8,10H2,1-2H3;1H. The minimum absolute atomic E-state index is 0. The van der Waals surface area contributed by atoms with E-state index in [1.165, 1.54) is 10.4 Å². The van der Waals surface area contributed by atoms with E-state index in [1.54, 1.807) is 19.1 Å². The van der Waals surface area contributed by atoms with Crippen molar-refractivity contribution in [2.45, 2.75) is 30.7 Å². The van der Waals surface area contributed by atoms with Crippen molar-refractivity contribution in [3.63, 3.8) is 0 Å². The molecule has 0 saturated carbocycles. The predicted octanol–water partition coefficient (Wildman–Crippen LogP) is 1.66. The van der Waals surface area contributed by atoms with E-state index in [4.69, 9.17) is 0 Å². The van der Waals surface area contributed by atoms with Crippen LogP contribution in [0.5, 0.6) is 0 Å². The van der Waals surface area contributed by atoms with Crippen molar-refractivity contribution >= 4 is 22.4 Å². The number of sulfonamides is 1. The molecule has 1 saturated heterocycles. The van der Waals surface area contributed by atoms with Crippen LogP contribution < -0.4 is 5.32 Å². The van der Waals surface area contributed by atoms with Crippen LogP contribution in [0.4, 0.5) is 0 Å². The van der Waals surface area contributed by atoms with E-state index >= 15 is 0 Å². The van der Waals surface area contributed by atoms with Crippen LogP contribution in [0.1, 0.15) is 24.0 Å². The quantitative estimate of drug-likeness (QED) is 0.915. The molecule has 21 heavy (non-hydrogen) atoms. The summed E-state index contributed by atoms with van der Waals surface area (Å²) < 4.78 is 26.9. The van der Waals surface area contributed by atoms with Gasteiger partial charge in [0.1, 0.15) is 11.0 Å². The molecule has 7 heteroatoms. The third-order valence-electron chi connectivity index (χ3n) is 3.76. The van der Waals surface area contributed by atoms with E-state index in [-0.39, 0.29) is 28.9 Å². The van der Waals surface area contributed by atoms with Gasteiger partial charge >= 0.3 is 0 Å². The first kappa shape index (κ1) is 17.9. The van der Waals surface area contributed by atoms with Gasteiger partial charge in [0.05, 0.1) is 5.56 Å². The number of hydrogen-bond acceptors (Lipinski definition) is 4. The van der Waals surface area contributed by atoms with Gasteiger partial charge in [0, 0.05) is 19.1 Å². The van der Waals surface area contributed by atoms with Crippen molar-refractivity contribution in [3.05, 3.63) is 29.3 Å². The fraction of sp³-hybridized carbons (Fsp3) is 0.500. The number of aryl methyl sites for hydroxylation is 1. The maximum absolute atomic E-state index is 12.7. The highest BCUT2D eigenvalue weighted by Gasteiger charge is 2.31. The molecule has 0 bridgehead atoms. The number of rotatable bonds is 3. The fourth-order valence-corrected chi connectivity index (χ4v) is 4.27. The summed E-state index contributed by atoms with van der Waals surface area (Å²) in [5.74, 6) is 0.